The highest BCUT2D eigenvalue weighted by Crippen LogP contribution is 2.06. The van der Waals surface area contributed by atoms with Crippen LogP contribution in [0.25, 0.3) is 0 Å². The second-order valence-electron chi connectivity index (χ2n) is 3.15. The van der Waals surface area contributed by atoms with Crippen LogP contribution in [0.2, 0.25) is 0 Å². The van der Waals surface area contributed by atoms with Gasteiger partial charge in [-0.1, -0.05) is 13.0 Å². The summed E-state index contributed by atoms with van der Waals surface area (Å²) in [6.07, 6.45) is 2.49. The molecule has 0 bridgehead atoms. The number of hydrogen-bond donors (Lipinski definition) is 1. The number of aromatic nitrogens is 1. The molecule has 1 heterocycles. The van der Waals surface area contributed by atoms with E-state index in [0.29, 0.717) is 0 Å². The molecule has 0 saturated heterocycles. The zero-order valence-electron chi connectivity index (χ0n) is 8.03. The lowest BCUT2D eigenvalue weighted by Gasteiger charge is -2.15. The maximum absolute atomic E-state index is 11.6. The van der Waals surface area contributed by atoms with E-state index in [1.807, 2.05) is 13.0 Å². The molecule has 0 aliphatic heterocycles. The fraction of sp³-hybridized carbons (Fsp3) is 0.500. The molecule has 0 radical (unpaired) electrons. The number of hydrogen-bond acceptors (Lipinski definition) is 2. The Morgan fingerprint density at radius 1 is 1.62 bits per heavy atom. The monoisotopic (exact) mass is 181 g/mol. The zero-order chi connectivity index (χ0) is 9.84. The highest BCUT2D eigenvalue weighted by Gasteiger charge is 2.08. The van der Waals surface area contributed by atoms with Gasteiger partial charge >= 0.3 is 0 Å². The van der Waals surface area contributed by atoms with Gasteiger partial charge in [0, 0.05) is 11.8 Å². The van der Waals surface area contributed by atoms with Gasteiger partial charge in [0.1, 0.15) is 0 Å². The lowest BCUT2D eigenvalue weighted by Crippen LogP contribution is -2.27. The van der Waals surface area contributed by atoms with Crippen LogP contribution >= 0.6 is 0 Å². The highest BCUT2D eigenvalue weighted by molar-refractivity contribution is 5.08. The first kappa shape index (κ1) is 9.99. The molecule has 1 atom stereocenters. The summed E-state index contributed by atoms with van der Waals surface area (Å²) >= 11 is 0. The van der Waals surface area contributed by atoms with E-state index in [2.05, 4.69) is 0 Å². The van der Waals surface area contributed by atoms with E-state index in [9.17, 15) is 4.79 Å². The van der Waals surface area contributed by atoms with Gasteiger partial charge in [-0.05, 0) is 19.4 Å². The summed E-state index contributed by atoms with van der Waals surface area (Å²) in [4.78, 5) is 11.6. The van der Waals surface area contributed by atoms with Crippen LogP contribution in [0.4, 0.5) is 0 Å². The predicted molar refractivity (Wildman–Crippen MR) is 51.9 cm³/mol. The molecule has 1 unspecified atom stereocenters. The van der Waals surface area contributed by atoms with Crippen molar-refractivity contribution < 1.29 is 5.11 Å². The summed E-state index contributed by atoms with van der Waals surface area (Å²) in [5.41, 5.74) is 0.706. The molecule has 0 spiro atoms. The molecule has 1 rings (SSSR count). The Morgan fingerprint density at radius 2 is 2.31 bits per heavy atom. The number of aryl methyl sites for hydroxylation is 1. The minimum Gasteiger partial charge on any atom is -0.394 e. The predicted octanol–water partition coefficient (Wildman–Crippen LogP) is 1.10. The lowest BCUT2D eigenvalue weighted by molar-refractivity contribution is 0.221. The van der Waals surface area contributed by atoms with Gasteiger partial charge in [0.15, 0.2) is 0 Å². The fourth-order valence-corrected chi connectivity index (χ4v) is 1.32. The van der Waals surface area contributed by atoms with E-state index < -0.39 is 0 Å². The first-order chi connectivity index (χ1) is 6.20. The van der Waals surface area contributed by atoms with Crippen LogP contribution in [0.3, 0.4) is 0 Å². The molecule has 0 aromatic carbocycles. The van der Waals surface area contributed by atoms with Gasteiger partial charge < -0.3 is 9.67 Å². The largest absolute Gasteiger partial charge is 0.394 e. The van der Waals surface area contributed by atoms with E-state index in [0.717, 1.165) is 12.0 Å². The first-order valence-corrected chi connectivity index (χ1v) is 4.49. The topological polar surface area (TPSA) is 42.2 Å². The van der Waals surface area contributed by atoms with Crippen molar-refractivity contribution in [2.45, 2.75) is 26.3 Å². The second-order valence-corrected chi connectivity index (χ2v) is 3.15. The highest BCUT2D eigenvalue weighted by atomic mass is 16.3. The Balaban J connectivity index is 3.14. The van der Waals surface area contributed by atoms with Crippen molar-refractivity contribution >= 4 is 0 Å². The van der Waals surface area contributed by atoms with Gasteiger partial charge in [-0.15, -0.1) is 0 Å². The number of nitrogens with zero attached hydrogens (tertiary/aromatic N) is 1. The fourth-order valence-electron chi connectivity index (χ4n) is 1.32. The molecule has 0 aliphatic rings. The standard InChI is InChI=1S/C10H15NO2/c1-3-9(7-12)11-6-4-5-8(2)10(11)13/h4-6,9,12H,3,7H2,1-2H3. The van der Waals surface area contributed by atoms with Gasteiger partial charge in [0.25, 0.3) is 5.56 Å². The van der Waals surface area contributed by atoms with E-state index >= 15 is 0 Å². The Hall–Kier alpha value is -1.09. The number of aliphatic hydroxyl groups excluding tert-OH is 1. The Morgan fingerprint density at radius 3 is 2.85 bits per heavy atom. The molecule has 0 amide bonds. The minimum absolute atomic E-state index is 0.0107. The van der Waals surface area contributed by atoms with Crippen molar-refractivity contribution in [2.24, 2.45) is 0 Å². The van der Waals surface area contributed by atoms with Crippen LogP contribution in [0, 0.1) is 6.92 Å². The van der Waals surface area contributed by atoms with E-state index in [1.165, 1.54) is 0 Å². The summed E-state index contributed by atoms with van der Waals surface area (Å²) in [7, 11) is 0. The summed E-state index contributed by atoms with van der Waals surface area (Å²) < 4.78 is 1.59. The summed E-state index contributed by atoms with van der Waals surface area (Å²) in [6, 6.07) is 3.52. The van der Waals surface area contributed by atoms with Crippen molar-refractivity contribution in [3.8, 4) is 0 Å². The summed E-state index contributed by atoms with van der Waals surface area (Å²) in [5.74, 6) is 0. The van der Waals surface area contributed by atoms with E-state index in [4.69, 9.17) is 5.11 Å². The molecule has 1 N–H and O–H groups in total. The minimum atomic E-state index is -0.0904. The zero-order valence-corrected chi connectivity index (χ0v) is 8.03. The molecular weight excluding hydrogens is 166 g/mol. The lowest BCUT2D eigenvalue weighted by atomic mass is 10.2. The molecule has 0 aliphatic carbocycles. The van der Waals surface area contributed by atoms with Gasteiger partial charge in [-0.25, -0.2) is 0 Å². The molecule has 1 aromatic heterocycles. The van der Waals surface area contributed by atoms with Crippen LogP contribution in [-0.4, -0.2) is 16.3 Å². The van der Waals surface area contributed by atoms with Crippen molar-refractivity contribution in [1.82, 2.24) is 4.57 Å². The molecule has 3 nitrogen and oxygen atoms in total. The van der Waals surface area contributed by atoms with Gasteiger partial charge in [0.2, 0.25) is 0 Å². The molecular formula is C10H15NO2. The van der Waals surface area contributed by atoms with Crippen LogP contribution < -0.4 is 5.56 Å². The van der Waals surface area contributed by atoms with Crippen molar-refractivity contribution in [2.75, 3.05) is 6.61 Å². The SMILES string of the molecule is CCC(CO)n1cccc(C)c1=O. The molecule has 3 heteroatoms. The van der Waals surface area contributed by atoms with E-state index in [1.54, 1.807) is 23.8 Å². The Kier molecular flexibility index (Phi) is 3.25. The molecule has 0 fully saturated rings. The third-order valence-electron chi connectivity index (χ3n) is 2.24. The first-order valence-electron chi connectivity index (χ1n) is 4.49. The Labute approximate surface area is 77.6 Å². The number of rotatable bonds is 3. The second kappa shape index (κ2) is 4.23. The van der Waals surface area contributed by atoms with Crippen molar-refractivity contribution in [3.05, 3.63) is 34.2 Å². The molecule has 1 aromatic rings. The van der Waals surface area contributed by atoms with Gasteiger partial charge in [-0.2, -0.15) is 0 Å². The van der Waals surface area contributed by atoms with Crippen molar-refractivity contribution in [1.29, 1.82) is 0 Å². The van der Waals surface area contributed by atoms with Gasteiger partial charge in [-0.3, -0.25) is 4.79 Å². The van der Waals surface area contributed by atoms with Crippen LogP contribution in [0.1, 0.15) is 24.9 Å². The average Bonchev–Trinajstić information content (AvgIpc) is 2.14. The third kappa shape index (κ3) is 1.98. The molecule has 0 saturated carbocycles. The number of pyridine rings is 1. The number of aliphatic hydroxyl groups is 1. The maximum Gasteiger partial charge on any atom is 0.253 e. The third-order valence-corrected chi connectivity index (χ3v) is 2.24. The Bertz CT molecular complexity index is 326. The van der Waals surface area contributed by atoms with Crippen LogP contribution in [0.5, 0.6) is 0 Å². The average molecular weight is 181 g/mol. The van der Waals surface area contributed by atoms with Crippen molar-refractivity contribution in [3.63, 3.8) is 0 Å². The molecule has 13 heavy (non-hydrogen) atoms. The van der Waals surface area contributed by atoms with Crippen LogP contribution in [0.15, 0.2) is 23.1 Å². The van der Waals surface area contributed by atoms with Gasteiger partial charge in [0.05, 0.1) is 12.6 Å². The normalized spacial score (nSPS) is 12.8. The quantitative estimate of drug-likeness (QED) is 0.758. The summed E-state index contributed by atoms with van der Waals surface area (Å²) in [6.45, 7) is 3.75. The molecule has 72 valence electrons. The maximum atomic E-state index is 11.6. The summed E-state index contributed by atoms with van der Waals surface area (Å²) in [5, 5.41) is 9.04. The smallest absolute Gasteiger partial charge is 0.253 e. The van der Waals surface area contributed by atoms with E-state index in [-0.39, 0.29) is 18.2 Å². The van der Waals surface area contributed by atoms with Crippen LogP contribution in [-0.2, 0) is 0 Å².